The Morgan fingerprint density at radius 3 is 2.56 bits per heavy atom. The molecule has 0 saturated carbocycles. The van der Waals surface area contributed by atoms with E-state index in [-0.39, 0.29) is 11.9 Å². The monoisotopic (exact) mass is 246 g/mol. The lowest BCUT2D eigenvalue weighted by Crippen LogP contribution is -2.29. The molecule has 0 fully saturated rings. The first-order valence-corrected chi connectivity index (χ1v) is 5.75. The maximum absolute atomic E-state index is 13.6. The van der Waals surface area contributed by atoms with Gasteiger partial charge >= 0.3 is 0 Å². The average molecular weight is 246 g/mol. The highest BCUT2D eigenvalue weighted by Gasteiger charge is 2.13. The molecule has 0 spiro atoms. The van der Waals surface area contributed by atoms with Gasteiger partial charge in [-0.2, -0.15) is 0 Å². The molecule has 5 heteroatoms. The predicted molar refractivity (Wildman–Crippen MR) is 66.8 cm³/mol. The molecule has 0 radical (unpaired) electrons. The van der Waals surface area contributed by atoms with Crippen LogP contribution < -0.4 is 11.3 Å². The number of hydrogen-bond donors (Lipinski definition) is 2. The maximum atomic E-state index is 13.6. The number of nitrogens with zero attached hydrogens (tertiary/aromatic N) is 2. The van der Waals surface area contributed by atoms with Gasteiger partial charge in [-0.15, -0.1) is 0 Å². The molecular formula is C13H15FN4. The Hall–Kier alpha value is -1.85. The minimum atomic E-state index is -0.338. The molecular weight excluding hydrogens is 231 g/mol. The van der Waals surface area contributed by atoms with E-state index in [1.54, 1.807) is 24.7 Å². The van der Waals surface area contributed by atoms with Crippen LogP contribution in [-0.2, 0) is 6.42 Å². The topological polar surface area (TPSA) is 63.8 Å². The summed E-state index contributed by atoms with van der Waals surface area (Å²) in [5, 5.41) is 0. The van der Waals surface area contributed by atoms with Crippen LogP contribution in [-0.4, -0.2) is 9.97 Å². The van der Waals surface area contributed by atoms with Crippen LogP contribution in [0.15, 0.2) is 43.0 Å². The number of nitrogens with one attached hydrogen (secondary N) is 1. The van der Waals surface area contributed by atoms with Crippen LogP contribution in [0, 0.1) is 5.82 Å². The highest BCUT2D eigenvalue weighted by molar-refractivity contribution is 5.18. The molecule has 0 aromatic carbocycles. The molecule has 1 atom stereocenters. The molecule has 2 heterocycles. The highest BCUT2D eigenvalue weighted by Crippen LogP contribution is 2.20. The summed E-state index contributed by atoms with van der Waals surface area (Å²) in [4.78, 5) is 7.68. The van der Waals surface area contributed by atoms with Crippen molar-refractivity contribution in [1.29, 1.82) is 0 Å². The van der Waals surface area contributed by atoms with Crippen LogP contribution in [0.25, 0.3) is 0 Å². The summed E-state index contributed by atoms with van der Waals surface area (Å²) in [5.74, 6) is 5.15. The lowest BCUT2D eigenvalue weighted by Gasteiger charge is -2.16. The van der Waals surface area contributed by atoms with Crippen LogP contribution in [0.1, 0.15) is 23.6 Å². The summed E-state index contributed by atoms with van der Waals surface area (Å²) < 4.78 is 13.6. The molecule has 2 rings (SSSR count). The fourth-order valence-corrected chi connectivity index (χ4v) is 1.86. The van der Waals surface area contributed by atoms with Crippen molar-refractivity contribution in [2.75, 3.05) is 0 Å². The summed E-state index contributed by atoms with van der Waals surface area (Å²) in [6.07, 6.45) is 7.77. The molecule has 0 aliphatic rings. The standard InChI is InChI=1S/C13H15FN4/c14-12-9-17-8-5-11(12)13(18-15)2-1-10-3-6-16-7-4-10/h3-9,13,18H,1-2,15H2. The number of rotatable bonds is 5. The number of nitrogens with two attached hydrogens (primary N) is 1. The second kappa shape index (κ2) is 6.18. The van der Waals surface area contributed by atoms with E-state index in [1.807, 2.05) is 12.1 Å². The van der Waals surface area contributed by atoms with E-state index in [2.05, 4.69) is 15.4 Å². The van der Waals surface area contributed by atoms with E-state index in [0.29, 0.717) is 12.0 Å². The number of hydrazine groups is 1. The average Bonchev–Trinajstić information content (AvgIpc) is 2.42. The first-order chi connectivity index (χ1) is 8.81. The highest BCUT2D eigenvalue weighted by atomic mass is 19.1. The zero-order valence-corrected chi connectivity index (χ0v) is 9.88. The molecule has 3 N–H and O–H groups in total. The van der Waals surface area contributed by atoms with Gasteiger partial charge in [-0.1, -0.05) is 0 Å². The van der Waals surface area contributed by atoms with E-state index in [9.17, 15) is 4.39 Å². The van der Waals surface area contributed by atoms with Gasteiger partial charge in [-0.25, -0.2) is 4.39 Å². The Bertz CT molecular complexity index is 489. The molecule has 0 aliphatic heterocycles. The second-order valence-electron chi connectivity index (χ2n) is 4.01. The largest absolute Gasteiger partial charge is 0.271 e. The SMILES string of the molecule is NNC(CCc1ccncc1)c1ccncc1F. The fourth-order valence-electron chi connectivity index (χ4n) is 1.86. The van der Waals surface area contributed by atoms with Gasteiger partial charge in [0, 0.05) is 30.2 Å². The Labute approximate surface area is 105 Å². The van der Waals surface area contributed by atoms with Crippen LogP contribution in [0.3, 0.4) is 0 Å². The van der Waals surface area contributed by atoms with Crippen LogP contribution in [0.2, 0.25) is 0 Å². The van der Waals surface area contributed by atoms with Gasteiger partial charge in [-0.05, 0) is 36.6 Å². The number of aryl methyl sites for hydroxylation is 1. The summed E-state index contributed by atoms with van der Waals surface area (Å²) in [7, 11) is 0. The molecule has 1 unspecified atom stereocenters. The van der Waals surface area contributed by atoms with Crippen molar-refractivity contribution in [2.24, 2.45) is 5.84 Å². The fraction of sp³-hybridized carbons (Fsp3) is 0.231. The molecule has 18 heavy (non-hydrogen) atoms. The number of aromatic nitrogens is 2. The first-order valence-electron chi connectivity index (χ1n) is 5.75. The van der Waals surface area contributed by atoms with Crippen molar-refractivity contribution in [1.82, 2.24) is 15.4 Å². The summed E-state index contributed by atoms with van der Waals surface area (Å²) >= 11 is 0. The quantitative estimate of drug-likeness (QED) is 0.623. The normalized spacial score (nSPS) is 12.3. The lowest BCUT2D eigenvalue weighted by molar-refractivity contribution is 0.483. The summed E-state index contributed by atoms with van der Waals surface area (Å²) in [5.41, 5.74) is 4.34. The van der Waals surface area contributed by atoms with Gasteiger partial charge in [-0.3, -0.25) is 21.2 Å². The first kappa shape index (κ1) is 12.6. The van der Waals surface area contributed by atoms with Crippen molar-refractivity contribution < 1.29 is 4.39 Å². The zero-order chi connectivity index (χ0) is 12.8. The van der Waals surface area contributed by atoms with Crippen molar-refractivity contribution in [3.63, 3.8) is 0 Å². The minimum absolute atomic E-state index is 0.221. The van der Waals surface area contributed by atoms with Crippen LogP contribution >= 0.6 is 0 Å². The predicted octanol–water partition coefficient (Wildman–Crippen LogP) is 1.75. The lowest BCUT2D eigenvalue weighted by atomic mass is 10.0. The number of pyridine rings is 2. The Morgan fingerprint density at radius 1 is 1.17 bits per heavy atom. The van der Waals surface area contributed by atoms with E-state index < -0.39 is 0 Å². The van der Waals surface area contributed by atoms with E-state index in [1.165, 1.54) is 6.20 Å². The summed E-state index contributed by atoms with van der Waals surface area (Å²) in [6.45, 7) is 0. The minimum Gasteiger partial charge on any atom is -0.271 e. The van der Waals surface area contributed by atoms with Crippen molar-refractivity contribution in [2.45, 2.75) is 18.9 Å². The zero-order valence-electron chi connectivity index (χ0n) is 9.88. The third-order valence-corrected chi connectivity index (χ3v) is 2.85. The molecule has 0 aliphatic carbocycles. The van der Waals surface area contributed by atoms with Crippen molar-refractivity contribution in [3.05, 3.63) is 59.9 Å². The molecule has 2 aromatic heterocycles. The third-order valence-electron chi connectivity index (χ3n) is 2.85. The Kier molecular flexibility index (Phi) is 4.33. The van der Waals surface area contributed by atoms with Gasteiger partial charge < -0.3 is 0 Å². The molecule has 0 bridgehead atoms. The maximum Gasteiger partial charge on any atom is 0.146 e. The van der Waals surface area contributed by atoms with Crippen LogP contribution in [0.4, 0.5) is 4.39 Å². The van der Waals surface area contributed by atoms with Gasteiger partial charge in [0.05, 0.1) is 6.20 Å². The molecule has 0 amide bonds. The van der Waals surface area contributed by atoms with Gasteiger partial charge in [0.25, 0.3) is 0 Å². The Balaban J connectivity index is 2.04. The molecule has 2 aromatic rings. The molecule has 94 valence electrons. The Morgan fingerprint density at radius 2 is 1.89 bits per heavy atom. The molecule has 0 saturated heterocycles. The van der Waals surface area contributed by atoms with Gasteiger partial charge in [0.2, 0.25) is 0 Å². The number of halogens is 1. The van der Waals surface area contributed by atoms with Crippen LogP contribution in [0.5, 0.6) is 0 Å². The van der Waals surface area contributed by atoms with Gasteiger partial charge in [0.15, 0.2) is 0 Å². The smallest absolute Gasteiger partial charge is 0.146 e. The van der Waals surface area contributed by atoms with Crippen molar-refractivity contribution in [3.8, 4) is 0 Å². The van der Waals surface area contributed by atoms with Crippen molar-refractivity contribution >= 4 is 0 Å². The van der Waals surface area contributed by atoms with E-state index in [0.717, 1.165) is 12.0 Å². The second-order valence-corrected chi connectivity index (χ2v) is 4.01. The molecule has 4 nitrogen and oxygen atoms in total. The number of hydrogen-bond acceptors (Lipinski definition) is 4. The summed E-state index contributed by atoms with van der Waals surface area (Å²) in [6, 6.07) is 5.31. The third kappa shape index (κ3) is 3.09. The van der Waals surface area contributed by atoms with E-state index in [4.69, 9.17) is 5.84 Å². The van der Waals surface area contributed by atoms with Gasteiger partial charge in [0.1, 0.15) is 5.82 Å². The van der Waals surface area contributed by atoms with E-state index >= 15 is 0 Å².